The Morgan fingerprint density at radius 3 is 2.42 bits per heavy atom. The summed E-state index contributed by atoms with van der Waals surface area (Å²) in [5.74, 6) is -1.49. The highest BCUT2D eigenvalue weighted by Gasteiger charge is 2.25. The molecule has 0 radical (unpaired) electrons. The van der Waals surface area contributed by atoms with E-state index in [2.05, 4.69) is 10.6 Å². The van der Waals surface area contributed by atoms with E-state index in [0.29, 0.717) is 19.6 Å². The third-order valence-electron chi connectivity index (χ3n) is 3.56. The summed E-state index contributed by atoms with van der Waals surface area (Å²) >= 11 is 12.1. The molecule has 10 heteroatoms. The molecule has 0 saturated carbocycles. The molecule has 3 amide bonds. The van der Waals surface area contributed by atoms with Crippen LogP contribution in [0.4, 0.5) is 5.69 Å². The highest BCUT2D eigenvalue weighted by atomic mass is 35.5. The minimum atomic E-state index is -0.671. The molecule has 1 unspecified atom stereocenters. The zero-order valence-corrected chi connectivity index (χ0v) is 14.2. The number of nitrogens with zero attached hydrogens (tertiary/aromatic N) is 1. The number of amides is 3. The summed E-state index contributed by atoms with van der Waals surface area (Å²) in [5.41, 5.74) is 10.8. The second-order valence-electron chi connectivity index (χ2n) is 5.37. The van der Waals surface area contributed by atoms with Crippen LogP contribution in [-0.4, -0.2) is 54.8 Å². The smallest absolute Gasteiger partial charge is 0.248 e. The maximum atomic E-state index is 12.2. The molecule has 1 atom stereocenters. The largest absolute Gasteiger partial charge is 0.368 e. The van der Waals surface area contributed by atoms with Gasteiger partial charge in [-0.2, -0.15) is 0 Å². The lowest BCUT2D eigenvalue weighted by Gasteiger charge is -2.31. The van der Waals surface area contributed by atoms with Crippen LogP contribution in [0.5, 0.6) is 0 Å². The van der Waals surface area contributed by atoms with Crippen molar-refractivity contribution < 1.29 is 14.4 Å². The lowest BCUT2D eigenvalue weighted by Crippen LogP contribution is -2.57. The minimum absolute atomic E-state index is 0.0513. The molecule has 0 bridgehead atoms. The Balaban J connectivity index is 2.02. The summed E-state index contributed by atoms with van der Waals surface area (Å²) in [6.07, 6.45) is 0. The molecule has 1 aromatic carbocycles. The van der Waals surface area contributed by atoms with Gasteiger partial charge in [-0.25, -0.2) is 0 Å². The second-order valence-corrected chi connectivity index (χ2v) is 6.19. The Morgan fingerprint density at radius 2 is 1.88 bits per heavy atom. The average molecular weight is 374 g/mol. The fraction of sp³-hybridized carbons (Fsp3) is 0.357. The van der Waals surface area contributed by atoms with Crippen molar-refractivity contribution in [1.29, 1.82) is 0 Å². The van der Waals surface area contributed by atoms with Crippen LogP contribution in [0.3, 0.4) is 0 Å². The summed E-state index contributed by atoms with van der Waals surface area (Å²) in [5, 5.41) is 5.80. The number of primary amides is 2. The van der Waals surface area contributed by atoms with Gasteiger partial charge >= 0.3 is 0 Å². The Hall–Kier alpha value is -1.87. The molecule has 1 saturated heterocycles. The Kier molecular flexibility index (Phi) is 6.00. The molecule has 0 aliphatic carbocycles. The molecule has 1 heterocycles. The summed E-state index contributed by atoms with van der Waals surface area (Å²) in [4.78, 5) is 36.3. The zero-order valence-electron chi connectivity index (χ0n) is 12.6. The van der Waals surface area contributed by atoms with Gasteiger partial charge in [0.05, 0.1) is 28.3 Å². The molecule has 8 nitrogen and oxygen atoms in total. The van der Waals surface area contributed by atoms with Gasteiger partial charge in [-0.15, -0.1) is 0 Å². The maximum Gasteiger partial charge on any atom is 0.248 e. The van der Waals surface area contributed by atoms with Crippen LogP contribution < -0.4 is 22.1 Å². The third kappa shape index (κ3) is 4.57. The van der Waals surface area contributed by atoms with E-state index in [1.807, 2.05) is 0 Å². The van der Waals surface area contributed by atoms with Crippen molar-refractivity contribution in [2.45, 2.75) is 6.04 Å². The van der Waals surface area contributed by atoms with E-state index in [-0.39, 0.29) is 33.7 Å². The van der Waals surface area contributed by atoms with Crippen LogP contribution in [0.15, 0.2) is 12.1 Å². The van der Waals surface area contributed by atoms with Gasteiger partial charge in [-0.1, -0.05) is 23.2 Å². The molecule has 2 rings (SSSR count). The van der Waals surface area contributed by atoms with Crippen LogP contribution >= 0.6 is 23.2 Å². The number of hydrogen-bond donors (Lipinski definition) is 4. The van der Waals surface area contributed by atoms with Gasteiger partial charge in [0.2, 0.25) is 17.7 Å². The molecular weight excluding hydrogens is 357 g/mol. The number of benzene rings is 1. The second kappa shape index (κ2) is 7.80. The van der Waals surface area contributed by atoms with Crippen molar-refractivity contribution in [3.8, 4) is 0 Å². The monoisotopic (exact) mass is 373 g/mol. The molecule has 6 N–H and O–H groups in total. The van der Waals surface area contributed by atoms with Crippen molar-refractivity contribution in [1.82, 2.24) is 10.2 Å². The fourth-order valence-corrected chi connectivity index (χ4v) is 2.94. The van der Waals surface area contributed by atoms with Gasteiger partial charge in [0.1, 0.15) is 0 Å². The van der Waals surface area contributed by atoms with E-state index in [1.54, 1.807) is 4.90 Å². The van der Waals surface area contributed by atoms with Crippen LogP contribution in [0.25, 0.3) is 0 Å². The molecule has 1 aromatic rings. The third-order valence-corrected chi connectivity index (χ3v) is 4.16. The number of rotatable bonds is 5. The highest BCUT2D eigenvalue weighted by molar-refractivity contribution is 6.40. The fourth-order valence-electron chi connectivity index (χ4n) is 2.36. The normalized spacial score (nSPS) is 18.2. The summed E-state index contributed by atoms with van der Waals surface area (Å²) in [6, 6.07) is 2.17. The number of carbonyl (C=O) groups is 3. The van der Waals surface area contributed by atoms with E-state index in [0.717, 1.165) is 0 Å². The van der Waals surface area contributed by atoms with Crippen molar-refractivity contribution in [2.24, 2.45) is 11.5 Å². The van der Waals surface area contributed by atoms with E-state index < -0.39 is 17.9 Å². The topological polar surface area (TPSA) is 131 Å². The zero-order chi connectivity index (χ0) is 17.9. The molecule has 130 valence electrons. The first-order valence-electron chi connectivity index (χ1n) is 7.11. The quantitative estimate of drug-likeness (QED) is 0.567. The van der Waals surface area contributed by atoms with Crippen LogP contribution in [0, 0.1) is 0 Å². The number of carbonyl (C=O) groups excluding carboxylic acids is 3. The summed E-state index contributed by atoms with van der Waals surface area (Å²) in [7, 11) is 0. The SMILES string of the molecule is NC(=O)c1cc(Cl)c(NC(=O)CN2CCNC(C(N)=O)C2)c(Cl)c1. The van der Waals surface area contributed by atoms with Gasteiger partial charge in [0.15, 0.2) is 0 Å². The Morgan fingerprint density at radius 1 is 1.25 bits per heavy atom. The number of piperazine rings is 1. The average Bonchev–Trinajstić information content (AvgIpc) is 2.50. The highest BCUT2D eigenvalue weighted by Crippen LogP contribution is 2.31. The first-order chi connectivity index (χ1) is 11.3. The molecule has 0 aromatic heterocycles. The first-order valence-corrected chi connectivity index (χ1v) is 7.87. The van der Waals surface area contributed by atoms with Crippen LogP contribution in [0.1, 0.15) is 10.4 Å². The minimum Gasteiger partial charge on any atom is -0.368 e. The predicted octanol–water partition coefficient (Wildman–Crippen LogP) is -0.210. The van der Waals surface area contributed by atoms with Crippen LogP contribution in [0.2, 0.25) is 10.0 Å². The van der Waals surface area contributed by atoms with Crippen molar-refractivity contribution in [2.75, 3.05) is 31.5 Å². The van der Waals surface area contributed by atoms with E-state index in [4.69, 9.17) is 34.7 Å². The van der Waals surface area contributed by atoms with E-state index in [9.17, 15) is 14.4 Å². The molecule has 24 heavy (non-hydrogen) atoms. The van der Waals surface area contributed by atoms with E-state index >= 15 is 0 Å². The Labute approximate surface area is 148 Å². The molecule has 1 aliphatic heterocycles. The lowest BCUT2D eigenvalue weighted by molar-refractivity contribution is -0.123. The van der Waals surface area contributed by atoms with Gasteiger partial charge < -0.3 is 22.1 Å². The standard InChI is InChI=1S/C14H17Cl2N5O3/c15-8-3-7(13(17)23)4-9(16)12(8)20-11(22)6-21-2-1-19-10(5-21)14(18)24/h3-4,10,19H,1-2,5-6H2,(H2,17,23)(H2,18,24)(H,20,22). The maximum absolute atomic E-state index is 12.2. The van der Waals surface area contributed by atoms with Gasteiger partial charge in [-0.3, -0.25) is 19.3 Å². The molecule has 1 fully saturated rings. The summed E-state index contributed by atoms with van der Waals surface area (Å²) < 4.78 is 0. The predicted molar refractivity (Wildman–Crippen MR) is 91.0 cm³/mol. The van der Waals surface area contributed by atoms with Crippen molar-refractivity contribution >= 4 is 46.6 Å². The number of anilines is 1. The molecule has 0 spiro atoms. The summed E-state index contributed by atoms with van der Waals surface area (Å²) in [6.45, 7) is 1.54. The first kappa shape index (κ1) is 18.5. The number of nitrogens with two attached hydrogens (primary N) is 2. The number of halogens is 2. The molecule has 1 aliphatic rings. The number of hydrogen-bond acceptors (Lipinski definition) is 5. The van der Waals surface area contributed by atoms with Crippen molar-refractivity contribution in [3.05, 3.63) is 27.7 Å². The number of nitrogens with one attached hydrogen (secondary N) is 2. The Bertz CT molecular complexity index is 659. The lowest BCUT2D eigenvalue weighted by atomic mass is 10.2. The van der Waals surface area contributed by atoms with Gasteiger partial charge in [-0.05, 0) is 12.1 Å². The van der Waals surface area contributed by atoms with Crippen molar-refractivity contribution in [3.63, 3.8) is 0 Å². The van der Waals surface area contributed by atoms with Gasteiger partial charge in [0, 0.05) is 25.2 Å². The van der Waals surface area contributed by atoms with E-state index in [1.165, 1.54) is 12.1 Å². The van der Waals surface area contributed by atoms with Crippen LogP contribution in [-0.2, 0) is 9.59 Å². The van der Waals surface area contributed by atoms with Gasteiger partial charge in [0.25, 0.3) is 0 Å². The molecular formula is C14H17Cl2N5O3.